The van der Waals surface area contributed by atoms with Gasteiger partial charge in [0.25, 0.3) is 11.5 Å². The van der Waals surface area contributed by atoms with Crippen molar-refractivity contribution < 1.29 is 9.53 Å². The maximum absolute atomic E-state index is 12.3. The topological polar surface area (TPSA) is 103 Å². The standard InChI is InChI=1S/C23H28N6O3/c1-14-5-6-19(21(25-14)23(31)24-3)29-9-7-28(8-10-29)13-16-11-17-18(12-20(16)32-4)26-15(2)22(30)27-17/h5-6,11-12H,7-10,13H2,1-4H3,(H,24,31)(H,27,30). The van der Waals surface area contributed by atoms with Gasteiger partial charge in [-0.15, -0.1) is 0 Å². The summed E-state index contributed by atoms with van der Waals surface area (Å²) in [7, 11) is 3.26. The molecule has 2 aromatic heterocycles. The van der Waals surface area contributed by atoms with Crippen molar-refractivity contribution in [2.45, 2.75) is 20.4 Å². The maximum atomic E-state index is 12.3. The van der Waals surface area contributed by atoms with E-state index in [0.29, 0.717) is 29.0 Å². The molecule has 2 N–H and O–H groups in total. The summed E-state index contributed by atoms with van der Waals surface area (Å²) in [6.07, 6.45) is 0. The van der Waals surface area contributed by atoms with Gasteiger partial charge in [-0.05, 0) is 32.0 Å². The van der Waals surface area contributed by atoms with Crippen LogP contribution in [0.1, 0.15) is 27.4 Å². The number of amides is 1. The minimum Gasteiger partial charge on any atom is -0.496 e. The zero-order chi connectivity index (χ0) is 22.8. The Bertz CT molecular complexity index is 1210. The first-order valence-electron chi connectivity index (χ1n) is 10.6. The van der Waals surface area contributed by atoms with Crippen LogP contribution in [-0.2, 0) is 6.54 Å². The number of carbonyl (C=O) groups is 1. The van der Waals surface area contributed by atoms with E-state index in [1.54, 1.807) is 21.1 Å². The third-order valence-electron chi connectivity index (χ3n) is 5.83. The second-order valence-electron chi connectivity index (χ2n) is 8.00. The normalized spacial score (nSPS) is 14.6. The summed E-state index contributed by atoms with van der Waals surface area (Å²) in [6.45, 7) is 7.48. The van der Waals surface area contributed by atoms with Gasteiger partial charge in [-0.2, -0.15) is 0 Å². The van der Waals surface area contributed by atoms with Crippen LogP contribution in [0, 0.1) is 13.8 Å². The molecule has 0 aliphatic carbocycles. The van der Waals surface area contributed by atoms with Gasteiger partial charge < -0.3 is 19.9 Å². The van der Waals surface area contributed by atoms with Gasteiger partial charge in [0, 0.05) is 57.1 Å². The Morgan fingerprint density at radius 2 is 1.91 bits per heavy atom. The SMILES string of the molecule is CNC(=O)c1nc(C)ccc1N1CCN(Cc2cc3[nH]c(=O)c(C)nc3cc2OC)CC1. The number of aromatic amines is 1. The molecule has 4 rings (SSSR count). The summed E-state index contributed by atoms with van der Waals surface area (Å²) >= 11 is 0. The van der Waals surface area contributed by atoms with Crippen molar-refractivity contribution in [1.29, 1.82) is 0 Å². The van der Waals surface area contributed by atoms with Crippen molar-refractivity contribution in [3.05, 3.63) is 57.3 Å². The molecule has 0 atom stereocenters. The van der Waals surface area contributed by atoms with Crippen LogP contribution in [0.4, 0.5) is 5.69 Å². The van der Waals surface area contributed by atoms with Crippen LogP contribution in [0.2, 0.25) is 0 Å². The average molecular weight is 437 g/mol. The number of nitrogens with one attached hydrogen (secondary N) is 2. The van der Waals surface area contributed by atoms with Crippen LogP contribution < -0.4 is 20.5 Å². The fourth-order valence-corrected chi connectivity index (χ4v) is 4.04. The summed E-state index contributed by atoms with van der Waals surface area (Å²) in [5.74, 6) is 0.577. The Balaban J connectivity index is 1.51. The van der Waals surface area contributed by atoms with E-state index in [1.165, 1.54) is 0 Å². The smallest absolute Gasteiger partial charge is 0.271 e. The van der Waals surface area contributed by atoms with Crippen LogP contribution in [-0.4, -0.2) is 66.1 Å². The monoisotopic (exact) mass is 436 g/mol. The molecule has 9 heteroatoms. The predicted octanol–water partition coefficient (Wildman–Crippen LogP) is 1.63. The fourth-order valence-electron chi connectivity index (χ4n) is 4.04. The van der Waals surface area contributed by atoms with Crippen molar-refractivity contribution in [2.75, 3.05) is 45.2 Å². The third kappa shape index (κ3) is 4.29. The number of carbonyl (C=O) groups excluding carboxylic acids is 1. The molecule has 1 aromatic carbocycles. The highest BCUT2D eigenvalue weighted by Crippen LogP contribution is 2.26. The number of anilines is 1. The van der Waals surface area contributed by atoms with E-state index >= 15 is 0 Å². The van der Waals surface area contributed by atoms with E-state index in [9.17, 15) is 9.59 Å². The molecule has 0 radical (unpaired) electrons. The second kappa shape index (κ2) is 8.96. The first-order chi connectivity index (χ1) is 15.4. The van der Waals surface area contributed by atoms with Crippen LogP contribution in [0.3, 0.4) is 0 Å². The van der Waals surface area contributed by atoms with Crippen molar-refractivity contribution in [1.82, 2.24) is 25.2 Å². The molecule has 0 bridgehead atoms. The molecule has 1 saturated heterocycles. The largest absolute Gasteiger partial charge is 0.496 e. The molecule has 3 aromatic rings. The molecular formula is C23H28N6O3. The maximum Gasteiger partial charge on any atom is 0.271 e. The lowest BCUT2D eigenvalue weighted by atomic mass is 10.1. The quantitative estimate of drug-likeness (QED) is 0.626. The fraction of sp³-hybridized carbons (Fsp3) is 0.391. The molecule has 1 aliphatic heterocycles. The van der Waals surface area contributed by atoms with Gasteiger partial charge in [0.05, 0.1) is 23.8 Å². The number of hydrogen-bond acceptors (Lipinski definition) is 7. The highest BCUT2D eigenvalue weighted by molar-refractivity contribution is 5.97. The number of ether oxygens (including phenoxy) is 1. The molecule has 1 aliphatic rings. The van der Waals surface area contributed by atoms with Gasteiger partial charge >= 0.3 is 0 Å². The van der Waals surface area contributed by atoms with Gasteiger partial charge in [-0.25, -0.2) is 9.97 Å². The van der Waals surface area contributed by atoms with E-state index in [0.717, 1.165) is 48.9 Å². The molecule has 3 heterocycles. The number of hydrogen-bond donors (Lipinski definition) is 2. The Labute approximate surface area is 186 Å². The molecule has 168 valence electrons. The van der Waals surface area contributed by atoms with Gasteiger partial charge in [0.1, 0.15) is 11.4 Å². The highest BCUT2D eigenvalue weighted by atomic mass is 16.5. The first-order valence-corrected chi connectivity index (χ1v) is 10.6. The minimum atomic E-state index is -0.180. The molecule has 9 nitrogen and oxygen atoms in total. The molecule has 1 amide bonds. The lowest BCUT2D eigenvalue weighted by Gasteiger charge is -2.36. The van der Waals surface area contributed by atoms with Gasteiger partial charge in [0.2, 0.25) is 0 Å². The Morgan fingerprint density at radius 3 is 2.59 bits per heavy atom. The van der Waals surface area contributed by atoms with Gasteiger partial charge in [-0.1, -0.05) is 0 Å². The van der Waals surface area contributed by atoms with Crippen molar-refractivity contribution in [3.8, 4) is 5.75 Å². The van der Waals surface area contributed by atoms with Crippen LogP contribution in [0.5, 0.6) is 5.75 Å². The number of aromatic nitrogens is 3. The highest BCUT2D eigenvalue weighted by Gasteiger charge is 2.23. The lowest BCUT2D eigenvalue weighted by molar-refractivity contribution is 0.0958. The Morgan fingerprint density at radius 1 is 1.16 bits per heavy atom. The van der Waals surface area contributed by atoms with Crippen molar-refractivity contribution in [2.24, 2.45) is 0 Å². The Kier molecular flexibility index (Phi) is 6.09. The summed E-state index contributed by atoms with van der Waals surface area (Å²) in [5, 5.41) is 2.68. The summed E-state index contributed by atoms with van der Waals surface area (Å²) < 4.78 is 5.60. The molecule has 32 heavy (non-hydrogen) atoms. The molecule has 0 saturated carbocycles. The lowest BCUT2D eigenvalue weighted by Crippen LogP contribution is -2.46. The molecule has 1 fully saturated rings. The van der Waals surface area contributed by atoms with E-state index in [2.05, 4.69) is 30.1 Å². The summed E-state index contributed by atoms with van der Waals surface area (Å²) in [6, 6.07) is 7.73. The number of piperazine rings is 1. The van der Waals surface area contributed by atoms with Crippen LogP contribution in [0.25, 0.3) is 11.0 Å². The van der Waals surface area contributed by atoms with E-state index in [1.807, 2.05) is 31.2 Å². The molecular weight excluding hydrogens is 408 g/mol. The molecule has 0 spiro atoms. The second-order valence-corrected chi connectivity index (χ2v) is 8.00. The number of aryl methyl sites for hydroxylation is 2. The predicted molar refractivity (Wildman–Crippen MR) is 124 cm³/mol. The van der Waals surface area contributed by atoms with Crippen LogP contribution in [0.15, 0.2) is 29.1 Å². The zero-order valence-electron chi connectivity index (χ0n) is 18.9. The summed E-state index contributed by atoms with van der Waals surface area (Å²) in [5.41, 5.74) is 4.80. The number of benzene rings is 1. The summed E-state index contributed by atoms with van der Waals surface area (Å²) in [4.78, 5) is 40.5. The molecule has 0 unspecified atom stereocenters. The number of H-pyrrole nitrogens is 1. The van der Waals surface area contributed by atoms with Gasteiger partial charge in [0.15, 0.2) is 5.69 Å². The minimum absolute atomic E-state index is 0.176. The number of fused-ring (bicyclic) bond motifs is 1. The van der Waals surface area contributed by atoms with Crippen molar-refractivity contribution in [3.63, 3.8) is 0 Å². The number of rotatable bonds is 5. The van der Waals surface area contributed by atoms with E-state index in [4.69, 9.17) is 4.74 Å². The number of methoxy groups -OCH3 is 1. The van der Waals surface area contributed by atoms with Crippen molar-refractivity contribution >= 4 is 22.6 Å². The average Bonchev–Trinajstić information content (AvgIpc) is 2.80. The van der Waals surface area contributed by atoms with E-state index < -0.39 is 0 Å². The zero-order valence-corrected chi connectivity index (χ0v) is 18.9. The first kappa shape index (κ1) is 21.8. The number of nitrogens with zero attached hydrogens (tertiary/aromatic N) is 4. The van der Waals surface area contributed by atoms with Crippen LogP contribution >= 0.6 is 0 Å². The van der Waals surface area contributed by atoms with E-state index in [-0.39, 0.29) is 11.5 Å². The van der Waals surface area contributed by atoms with Gasteiger partial charge in [-0.3, -0.25) is 14.5 Å². The Hall–Kier alpha value is -3.46. The third-order valence-corrected chi connectivity index (χ3v) is 5.83. The number of pyridine rings is 1.